The highest BCUT2D eigenvalue weighted by molar-refractivity contribution is 6.09. The number of hydrogen-bond donors (Lipinski definition) is 0. The van der Waals surface area contributed by atoms with Crippen molar-refractivity contribution in [2.75, 3.05) is 0 Å². The van der Waals surface area contributed by atoms with Gasteiger partial charge in [-0.15, -0.1) is 0 Å². The van der Waals surface area contributed by atoms with Crippen LogP contribution in [0.3, 0.4) is 0 Å². The Balaban J connectivity index is 1.87. The molecule has 1 fully saturated rings. The SMILES string of the molecule is CC1(C)CC(=O)C([C@H]2C3=C(CC(C)(C)CC3=O)Oc3ccccc32)C(=O)C1. The third-order valence-corrected chi connectivity index (χ3v) is 6.01. The van der Waals surface area contributed by atoms with Crippen LogP contribution in [-0.4, -0.2) is 17.3 Å². The highest BCUT2D eigenvalue weighted by Crippen LogP contribution is 2.52. The summed E-state index contributed by atoms with van der Waals surface area (Å²) in [5.41, 5.74) is 0.843. The van der Waals surface area contributed by atoms with Gasteiger partial charge in [-0.1, -0.05) is 45.9 Å². The molecule has 0 unspecified atom stereocenters. The molecule has 4 rings (SSSR count). The summed E-state index contributed by atoms with van der Waals surface area (Å²) in [6, 6.07) is 7.50. The second-order valence-electron chi connectivity index (χ2n) is 9.82. The van der Waals surface area contributed by atoms with Gasteiger partial charge in [0.25, 0.3) is 0 Å². The topological polar surface area (TPSA) is 60.4 Å². The standard InChI is InChI=1S/C23H26O4/c1-22(2)9-14(24)20(15(25)10-22)19-13-7-5-6-8-17(13)27-18-12-23(3,4)11-16(26)21(18)19/h5-8,19-20H,9-12H2,1-4H3/t19-/m0/s1. The molecule has 1 aliphatic heterocycles. The first-order valence-corrected chi connectivity index (χ1v) is 9.66. The van der Waals surface area contributed by atoms with Crippen molar-refractivity contribution >= 4 is 17.3 Å². The van der Waals surface area contributed by atoms with Gasteiger partial charge >= 0.3 is 0 Å². The summed E-state index contributed by atoms with van der Waals surface area (Å²) in [6.45, 7) is 8.01. The molecule has 4 nitrogen and oxygen atoms in total. The number of benzene rings is 1. The number of fused-ring (bicyclic) bond motifs is 1. The summed E-state index contributed by atoms with van der Waals surface area (Å²) >= 11 is 0. The van der Waals surface area contributed by atoms with E-state index in [4.69, 9.17) is 4.74 Å². The lowest BCUT2D eigenvalue weighted by Crippen LogP contribution is -2.44. The lowest BCUT2D eigenvalue weighted by molar-refractivity contribution is -0.140. The summed E-state index contributed by atoms with van der Waals surface area (Å²) in [5, 5.41) is 0. The Bertz CT molecular complexity index is 867. The Hall–Kier alpha value is -2.23. The molecule has 142 valence electrons. The van der Waals surface area contributed by atoms with Gasteiger partial charge in [0.15, 0.2) is 5.78 Å². The molecule has 1 saturated carbocycles. The number of Topliss-reactive ketones (excluding diaryl/α,β-unsaturated/α-hetero) is 3. The summed E-state index contributed by atoms with van der Waals surface area (Å²) in [5.74, 6) is -0.0819. The van der Waals surface area contributed by atoms with Crippen molar-refractivity contribution < 1.29 is 19.1 Å². The van der Waals surface area contributed by atoms with Gasteiger partial charge in [0.1, 0.15) is 23.1 Å². The highest BCUT2D eigenvalue weighted by Gasteiger charge is 2.50. The predicted octanol–water partition coefficient (Wildman–Crippen LogP) is 4.38. The van der Waals surface area contributed by atoms with Crippen molar-refractivity contribution in [2.24, 2.45) is 16.7 Å². The molecule has 0 amide bonds. The van der Waals surface area contributed by atoms with Gasteiger partial charge < -0.3 is 4.74 Å². The van der Waals surface area contributed by atoms with Crippen LogP contribution in [0.1, 0.15) is 64.9 Å². The smallest absolute Gasteiger partial charge is 0.163 e. The van der Waals surface area contributed by atoms with Gasteiger partial charge in [0, 0.05) is 42.7 Å². The normalized spacial score (nSPS) is 27.1. The van der Waals surface area contributed by atoms with Gasteiger partial charge in [-0.2, -0.15) is 0 Å². The average molecular weight is 366 g/mol. The van der Waals surface area contributed by atoms with E-state index < -0.39 is 11.8 Å². The molecule has 1 heterocycles. The third-order valence-electron chi connectivity index (χ3n) is 6.01. The Morgan fingerprint density at radius 2 is 1.41 bits per heavy atom. The molecular formula is C23H26O4. The summed E-state index contributed by atoms with van der Waals surface area (Å²) in [7, 11) is 0. The first-order valence-electron chi connectivity index (χ1n) is 9.66. The zero-order valence-corrected chi connectivity index (χ0v) is 16.4. The van der Waals surface area contributed by atoms with Crippen molar-refractivity contribution in [3.63, 3.8) is 0 Å². The number of allylic oxidation sites excluding steroid dienone is 2. The maximum Gasteiger partial charge on any atom is 0.163 e. The Kier molecular flexibility index (Phi) is 3.95. The van der Waals surface area contributed by atoms with Crippen LogP contribution >= 0.6 is 0 Å². The maximum atomic E-state index is 13.1. The van der Waals surface area contributed by atoms with Gasteiger partial charge in [-0.3, -0.25) is 14.4 Å². The average Bonchev–Trinajstić information content (AvgIpc) is 2.50. The quantitative estimate of drug-likeness (QED) is 0.692. The van der Waals surface area contributed by atoms with E-state index in [1.54, 1.807) is 0 Å². The molecule has 0 N–H and O–H groups in total. The van der Waals surface area contributed by atoms with E-state index in [9.17, 15) is 14.4 Å². The van der Waals surface area contributed by atoms with Crippen LogP contribution in [0.15, 0.2) is 35.6 Å². The lowest BCUT2D eigenvalue weighted by Gasteiger charge is -2.42. The summed E-state index contributed by atoms with van der Waals surface area (Å²) in [6.07, 6.45) is 1.78. The van der Waals surface area contributed by atoms with Crippen molar-refractivity contribution in [3.05, 3.63) is 41.2 Å². The van der Waals surface area contributed by atoms with E-state index in [-0.39, 0.29) is 28.2 Å². The van der Waals surface area contributed by atoms with Gasteiger partial charge in [0.2, 0.25) is 0 Å². The van der Waals surface area contributed by atoms with E-state index >= 15 is 0 Å². The molecule has 1 aromatic rings. The monoisotopic (exact) mass is 366 g/mol. The molecule has 0 spiro atoms. The number of carbonyl (C=O) groups is 3. The minimum absolute atomic E-state index is 0.00573. The van der Waals surface area contributed by atoms with E-state index in [1.165, 1.54) is 0 Å². The largest absolute Gasteiger partial charge is 0.461 e. The minimum Gasteiger partial charge on any atom is -0.461 e. The fraction of sp³-hybridized carbons (Fsp3) is 0.522. The number of rotatable bonds is 1. The first kappa shape index (κ1) is 18.1. The molecule has 0 radical (unpaired) electrons. The Morgan fingerprint density at radius 3 is 2.07 bits per heavy atom. The van der Waals surface area contributed by atoms with Crippen LogP contribution in [0.5, 0.6) is 5.75 Å². The number of para-hydroxylation sites is 1. The predicted molar refractivity (Wildman–Crippen MR) is 101 cm³/mol. The zero-order chi connectivity index (χ0) is 19.6. The second kappa shape index (κ2) is 5.88. The molecule has 27 heavy (non-hydrogen) atoms. The zero-order valence-electron chi connectivity index (χ0n) is 16.4. The first-order chi connectivity index (χ1) is 12.6. The summed E-state index contributed by atoms with van der Waals surface area (Å²) < 4.78 is 6.11. The van der Waals surface area contributed by atoms with Crippen LogP contribution in [0.2, 0.25) is 0 Å². The molecule has 1 aromatic carbocycles. The Morgan fingerprint density at radius 1 is 0.815 bits per heavy atom. The fourth-order valence-electron chi connectivity index (χ4n) is 4.96. The van der Waals surface area contributed by atoms with Gasteiger partial charge in [-0.05, 0) is 16.9 Å². The molecule has 0 aromatic heterocycles. The van der Waals surface area contributed by atoms with Crippen LogP contribution in [0.25, 0.3) is 0 Å². The van der Waals surface area contributed by atoms with Crippen molar-refractivity contribution in [3.8, 4) is 5.75 Å². The minimum atomic E-state index is -0.779. The van der Waals surface area contributed by atoms with E-state index in [1.807, 2.05) is 52.0 Å². The number of carbonyl (C=O) groups excluding carboxylic acids is 3. The van der Waals surface area contributed by atoms with E-state index in [0.29, 0.717) is 42.8 Å². The molecular weight excluding hydrogens is 340 g/mol. The number of ketones is 3. The van der Waals surface area contributed by atoms with Crippen molar-refractivity contribution in [2.45, 2.75) is 59.3 Å². The van der Waals surface area contributed by atoms with Gasteiger partial charge in [0.05, 0.1) is 5.92 Å². The lowest BCUT2D eigenvalue weighted by atomic mass is 9.62. The molecule has 0 saturated heterocycles. The fourth-order valence-corrected chi connectivity index (χ4v) is 4.96. The number of ether oxygens (including phenoxy) is 1. The molecule has 1 atom stereocenters. The third kappa shape index (κ3) is 3.05. The van der Waals surface area contributed by atoms with Crippen LogP contribution in [0.4, 0.5) is 0 Å². The molecule has 4 heteroatoms. The number of hydrogen-bond acceptors (Lipinski definition) is 4. The molecule has 2 aliphatic carbocycles. The van der Waals surface area contributed by atoms with E-state index in [2.05, 4.69) is 0 Å². The highest BCUT2D eigenvalue weighted by atomic mass is 16.5. The Labute approximate surface area is 160 Å². The van der Waals surface area contributed by atoms with Gasteiger partial charge in [-0.25, -0.2) is 0 Å². The van der Waals surface area contributed by atoms with E-state index in [0.717, 1.165) is 5.56 Å². The van der Waals surface area contributed by atoms with Crippen molar-refractivity contribution in [1.82, 2.24) is 0 Å². The van der Waals surface area contributed by atoms with Crippen LogP contribution in [0, 0.1) is 16.7 Å². The second-order valence-corrected chi connectivity index (χ2v) is 9.82. The summed E-state index contributed by atoms with van der Waals surface area (Å²) in [4.78, 5) is 39.2. The maximum absolute atomic E-state index is 13.1. The molecule has 3 aliphatic rings. The molecule has 0 bridgehead atoms. The van der Waals surface area contributed by atoms with Crippen LogP contribution in [-0.2, 0) is 14.4 Å². The van der Waals surface area contributed by atoms with Crippen molar-refractivity contribution in [1.29, 1.82) is 0 Å². The van der Waals surface area contributed by atoms with Crippen LogP contribution < -0.4 is 4.74 Å².